The summed E-state index contributed by atoms with van der Waals surface area (Å²) in [6.07, 6.45) is 0.500. The van der Waals surface area contributed by atoms with Crippen molar-refractivity contribution >= 4 is 28.4 Å². The number of aromatic amines is 1. The maximum atomic E-state index is 13.0. The highest BCUT2D eigenvalue weighted by Gasteiger charge is 2.30. The average Bonchev–Trinajstić information content (AvgIpc) is 3.26. The second kappa shape index (κ2) is 8.58. The molecule has 3 aromatic heterocycles. The molecule has 4 rings (SSSR count). The van der Waals surface area contributed by atoms with Crippen LogP contribution in [0.25, 0.3) is 11.0 Å². The predicted octanol–water partition coefficient (Wildman–Crippen LogP) is 4.85. The van der Waals surface area contributed by atoms with Gasteiger partial charge in [0.25, 0.3) is 5.91 Å². The largest absolute Gasteiger partial charge is 0.496 e. The molecule has 32 heavy (non-hydrogen) atoms. The van der Waals surface area contributed by atoms with Crippen LogP contribution in [-0.4, -0.2) is 28.0 Å². The number of rotatable bonds is 6. The zero-order valence-corrected chi connectivity index (χ0v) is 16.8. The summed E-state index contributed by atoms with van der Waals surface area (Å²) >= 11 is 0. The highest BCUT2D eigenvalue weighted by Crippen LogP contribution is 2.31. The molecule has 1 amide bonds. The van der Waals surface area contributed by atoms with Crippen molar-refractivity contribution < 1.29 is 22.7 Å². The number of alkyl halides is 3. The monoisotopic (exact) mass is 441 g/mol. The molecule has 0 saturated carbocycles. The molecule has 0 radical (unpaired) electrons. The summed E-state index contributed by atoms with van der Waals surface area (Å²) in [4.78, 5) is 24.5. The molecular formula is C22H18F3N5O2. The molecule has 0 aliphatic rings. The molecular weight excluding hydrogens is 423 g/mol. The molecule has 3 N–H and O–H groups in total. The second-order valence-electron chi connectivity index (χ2n) is 6.83. The first-order valence-corrected chi connectivity index (χ1v) is 9.53. The maximum absolute atomic E-state index is 13.0. The average molecular weight is 441 g/mol. The number of benzene rings is 1. The molecule has 4 aromatic rings. The van der Waals surface area contributed by atoms with E-state index in [1.165, 1.54) is 31.5 Å². The molecule has 0 aliphatic heterocycles. The first kappa shape index (κ1) is 21.2. The summed E-state index contributed by atoms with van der Waals surface area (Å²) in [5.41, 5.74) is 1.22. The van der Waals surface area contributed by atoms with E-state index >= 15 is 0 Å². The normalized spacial score (nSPS) is 11.4. The topological polar surface area (TPSA) is 91.9 Å². The van der Waals surface area contributed by atoms with Crippen molar-refractivity contribution in [1.82, 2.24) is 15.0 Å². The van der Waals surface area contributed by atoms with Crippen LogP contribution in [-0.2, 0) is 12.7 Å². The number of halogens is 3. The van der Waals surface area contributed by atoms with E-state index in [-0.39, 0.29) is 22.8 Å². The Morgan fingerprint density at radius 1 is 1.06 bits per heavy atom. The summed E-state index contributed by atoms with van der Waals surface area (Å²) in [7, 11) is 1.42. The third-order valence-electron chi connectivity index (χ3n) is 4.83. The minimum absolute atomic E-state index is 0.134. The number of fused-ring (bicyclic) bond motifs is 1. The Bertz CT molecular complexity index is 1250. The number of hydrogen-bond acceptors (Lipinski definition) is 5. The Morgan fingerprint density at radius 3 is 2.53 bits per heavy atom. The van der Waals surface area contributed by atoms with Gasteiger partial charge in [-0.2, -0.15) is 13.2 Å². The first-order chi connectivity index (χ1) is 15.4. The Morgan fingerprint density at radius 2 is 1.81 bits per heavy atom. The van der Waals surface area contributed by atoms with Gasteiger partial charge in [0.15, 0.2) is 0 Å². The molecule has 0 unspecified atom stereocenters. The van der Waals surface area contributed by atoms with E-state index < -0.39 is 17.6 Å². The molecule has 0 spiro atoms. The fourth-order valence-electron chi connectivity index (χ4n) is 3.25. The number of hydrogen-bond donors (Lipinski definition) is 3. The van der Waals surface area contributed by atoms with Crippen molar-refractivity contribution in [2.75, 3.05) is 17.7 Å². The Kier molecular flexibility index (Phi) is 5.67. The minimum Gasteiger partial charge on any atom is -0.496 e. The summed E-state index contributed by atoms with van der Waals surface area (Å²) < 4.78 is 43.6. The van der Waals surface area contributed by atoms with Crippen LogP contribution in [0, 0.1) is 0 Å². The molecule has 164 valence electrons. The van der Waals surface area contributed by atoms with Crippen LogP contribution in [0.3, 0.4) is 0 Å². The minimum atomic E-state index is -4.45. The van der Waals surface area contributed by atoms with Crippen molar-refractivity contribution in [1.29, 1.82) is 0 Å². The number of nitrogens with zero attached hydrogens (tertiary/aromatic N) is 2. The van der Waals surface area contributed by atoms with Gasteiger partial charge in [0.1, 0.15) is 22.8 Å². The molecule has 0 saturated heterocycles. The Hall–Kier alpha value is -4.08. The van der Waals surface area contributed by atoms with E-state index in [0.29, 0.717) is 6.54 Å². The zero-order chi connectivity index (χ0) is 22.7. The number of pyridine rings is 2. The van der Waals surface area contributed by atoms with Crippen molar-refractivity contribution in [2.45, 2.75) is 12.7 Å². The van der Waals surface area contributed by atoms with Crippen molar-refractivity contribution in [3.63, 3.8) is 0 Å². The van der Waals surface area contributed by atoms with Gasteiger partial charge in [-0.3, -0.25) is 4.79 Å². The van der Waals surface area contributed by atoms with Crippen molar-refractivity contribution in [2.24, 2.45) is 0 Å². The van der Waals surface area contributed by atoms with E-state index in [2.05, 4.69) is 25.6 Å². The number of carbonyl (C=O) groups excluding carboxylic acids is 1. The van der Waals surface area contributed by atoms with Gasteiger partial charge in [0.05, 0.1) is 12.7 Å². The van der Waals surface area contributed by atoms with Gasteiger partial charge in [-0.25, -0.2) is 9.97 Å². The van der Waals surface area contributed by atoms with Crippen LogP contribution in [0.5, 0.6) is 5.75 Å². The maximum Gasteiger partial charge on any atom is 0.416 e. The van der Waals surface area contributed by atoms with E-state index in [9.17, 15) is 18.0 Å². The van der Waals surface area contributed by atoms with E-state index in [0.717, 1.165) is 28.7 Å². The van der Waals surface area contributed by atoms with Crippen LogP contribution in [0.15, 0.2) is 61.1 Å². The lowest BCUT2D eigenvalue weighted by molar-refractivity contribution is -0.137. The number of ether oxygens (including phenoxy) is 1. The molecule has 0 aliphatic carbocycles. The van der Waals surface area contributed by atoms with Gasteiger partial charge >= 0.3 is 6.18 Å². The van der Waals surface area contributed by atoms with Gasteiger partial charge < -0.3 is 20.4 Å². The number of H-pyrrole nitrogens is 1. The van der Waals surface area contributed by atoms with Crippen LogP contribution in [0.4, 0.5) is 24.7 Å². The van der Waals surface area contributed by atoms with Crippen LogP contribution in [0.2, 0.25) is 0 Å². The number of anilines is 2. The fourth-order valence-corrected chi connectivity index (χ4v) is 3.25. The van der Waals surface area contributed by atoms with Crippen LogP contribution < -0.4 is 15.4 Å². The lowest BCUT2D eigenvalue weighted by Crippen LogP contribution is -2.17. The van der Waals surface area contributed by atoms with Gasteiger partial charge in [-0.05, 0) is 48.0 Å². The second-order valence-corrected chi connectivity index (χ2v) is 6.83. The molecule has 0 bridgehead atoms. The lowest BCUT2D eigenvalue weighted by Gasteiger charge is -2.15. The number of nitrogens with one attached hydrogen (secondary N) is 3. The number of methoxy groups -OCH3 is 1. The SMILES string of the molecule is COc1ccnc(NCc2ccnc3[nH]ccc23)c1C(=O)Nc1ccc(C(F)(F)F)cc1. The molecule has 3 heterocycles. The van der Waals surface area contributed by atoms with E-state index in [4.69, 9.17) is 4.74 Å². The third-order valence-corrected chi connectivity index (χ3v) is 4.83. The molecule has 1 aromatic carbocycles. The van der Waals surface area contributed by atoms with Crippen LogP contribution >= 0.6 is 0 Å². The quantitative estimate of drug-likeness (QED) is 0.398. The highest BCUT2D eigenvalue weighted by molar-refractivity contribution is 6.09. The molecule has 7 nitrogen and oxygen atoms in total. The highest BCUT2D eigenvalue weighted by atomic mass is 19.4. The molecule has 0 atom stereocenters. The predicted molar refractivity (Wildman–Crippen MR) is 114 cm³/mol. The number of amides is 1. The van der Waals surface area contributed by atoms with Gasteiger partial charge in [-0.1, -0.05) is 0 Å². The van der Waals surface area contributed by atoms with Gasteiger partial charge in [-0.15, -0.1) is 0 Å². The van der Waals surface area contributed by atoms with Crippen LogP contribution in [0.1, 0.15) is 21.5 Å². The van der Waals surface area contributed by atoms with Crippen molar-refractivity contribution in [3.05, 3.63) is 77.7 Å². The zero-order valence-electron chi connectivity index (χ0n) is 16.8. The number of carbonyl (C=O) groups is 1. The Labute approximate surface area is 180 Å². The summed E-state index contributed by atoms with van der Waals surface area (Å²) in [5.74, 6) is -0.0265. The summed E-state index contributed by atoms with van der Waals surface area (Å²) in [6.45, 7) is 0.359. The summed E-state index contributed by atoms with van der Waals surface area (Å²) in [6, 6.07) is 9.47. The molecule has 10 heteroatoms. The van der Waals surface area contributed by atoms with Gasteiger partial charge in [0.2, 0.25) is 0 Å². The summed E-state index contributed by atoms with van der Waals surface area (Å²) in [5, 5.41) is 6.66. The smallest absolute Gasteiger partial charge is 0.416 e. The van der Waals surface area contributed by atoms with E-state index in [1.807, 2.05) is 12.1 Å². The van der Waals surface area contributed by atoms with E-state index in [1.54, 1.807) is 12.4 Å². The Balaban J connectivity index is 1.58. The lowest BCUT2D eigenvalue weighted by atomic mass is 10.1. The standard InChI is InChI=1S/C22H18F3N5O2/c1-32-17-8-11-28-20(29-12-13-6-9-26-19-16(13)7-10-27-19)18(17)21(31)30-15-4-2-14(3-5-15)22(23,24)25/h2-11H,12H2,1H3,(H,26,27)(H,28,29)(H,30,31). The fraction of sp³-hybridized carbons (Fsp3) is 0.136. The van der Waals surface area contributed by atoms with Gasteiger partial charge in [0, 0.05) is 36.2 Å². The molecule has 0 fully saturated rings. The first-order valence-electron chi connectivity index (χ1n) is 9.53. The van der Waals surface area contributed by atoms with Crippen molar-refractivity contribution in [3.8, 4) is 5.75 Å². The number of aromatic nitrogens is 3. The third kappa shape index (κ3) is 4.34.